The summed E-state index contributed by atoms with van der Waals surface area (Å²) in [5, 5.41) is 0. The molecule has 0 radical (unpaired) electrons. The maximum absolute atomic E-state index is 14.2. The lowest BCUT2D eigenvalue weighted by Gasteiger charge is -2.32. The summed E-state index contributed by atoms with van der Waals surface area (Å²) in [7, 11) is 1.48. The van der Waals surface area contributed by atoms with Crippen molar-refractivity contribution in [3.05, 3.63) is 17.0 Å². The fourth-order valence-corrected chi connectivity index (χ4v) is 5.60. The second kappa shape index (κ2) is 9.62. The Kier molecular flexibility index (Phi) is 6.88. The van der Waals surface area contributed by atoms with E-state index < -0.39 is 5.95 Å². The fourth-order valence-electron chi connectivity index (χ4n) is 4.70. The quantitative estimate of drug-likeness (QED) is 0.702. The number of methoxy groups -OCH3 is 1. The lowest BCUT2D eigenvalue weighted by atomic mass is 9.80. The van der Waals surface area contributed by atoms with Crippen molar-refractivity contribution in [2.24, 2.45) is 11.1 Å². The van der Waals surface area contributed by atoms with Gasteiger partial charge in [-0.15, -0.1) is 11.3 Å². The first-order valence-corrected chi connectivity index (χ1v) is 11.6. The van der Waals surface area contributed by atoms with E-state index in [1.165, 1.54) is 18.4 Å². The molecule has 0 saturated carbocycles. The monoisotopic (exact) mass is 452 g/mol. The van der Waals surface area contributed by atoms with E-state index in [0.29, 0.717) is 29.7 Å². The molecule has 2 amide bonds. The van der Waals surface area contributed by atoms with E-state index in [-0.39, 0.29) is 17.8 Å². The number of carbonyl (C=O) groups excluding carboxylic acids is 1. The van der Waals surface area contributed by atoms with Gasteiger partial charge in [-0.3, -0.25) is 0 Å². The van der Waals surface area contributed by atoms with Gasteiger partial charge in [-0.05, 0) is 43.4 Å². The standard InChI is InChI=1S/C12H13FN2O2S.C9H16N2O2/c1-16-12-9-10(18-6-14-9)8(11(13)15-12)7-2-4-17-5-3-7;10-8(12)11-4-1-9(7-11)2-5-13-6-3-9/h6-7H,2-5H2,1H3;1-7H2,(H2,10,12). The Balaban J connectivity index is 0.000000158. The highest BCUT2D eigenvalue weighted by Gasteiger charge is 2.40. The summed E-state index contributed by atoms with van der Waals surface area (Å²) in [6, 6.07) is -0.275. The number of hydrogen-bond acceptors (Lipinski definition) is 7. The average Bonchev–Trinajstić information content (AvgIpc) is 3.43. The van der Waals surface area contributed by atoms with Gasteiger partial charge in [0.2, 0.25) is 11.8 Å². The maximum Gasteiger partial charge on any atom is 0.314 e. The van der Waals surface area contributed by atoms with Crippen LogP contribution in [0.4, 0.5) is 9.18 Å². The van der Waals surface area contributed by atoms with Crippen molar-refractivity contribution in [3.8, 4) is 5.88 Å². The number of primary amides is 1. The Morgan fingerprint density at radius 3 is 2.61 bits per heavy atom. The number of fused-ring (bicyclic) bond motifs is 1. The van der Waals surface area contributed by atoms with Crippen LogP contribution in [0, 0.1) is 11.4 Å². The van der Waals surface area contributed by atoms with Crippen LogP contribution in [0.25, 0.3) is 10.2 Å². The van der Waals surface area contributed by atoms with Crippen molar-refractivity contribution in [1.82, 2.24) is 14.9 Å². The molecule has 8 nitrogen and oxygen atoms in total. The van der Waals surface area contributed by atoms with Crippen molar-refractivity contribution in [3.63, 3.8) is 0 Å². The Hall–Kier alpha value is -2.04. The Bertz CT molecular complexity index is 912. The van der Waals surface area contributed by atoms with Gasteiger partial charge in [-0.25, -0.2) is 9.78 Å². The normalized spacial score (nSPS) is 21.2. The van der Waals surface area contributed by atoms with Gasteiger partial charge >= 0.3 is 6.03 Å². The molecule has 31 heavy (non-hydrogen) atoms. The maximum atomic E-state index is 14.2. The number of aromatic nitrogens is 2. The minimum absolute atomic E-state index is 0.167. The van der Waals surface area contributed by atoms with Crippen LogP contribution >= 0.6 is 11.3 Å². The molecule has 2 N–H and O–H groups in total. The predicted molar refractivity (Wildman–Crippen MR) is 115 cm³/mol. The molecule has 1 spiro atoms. The van der Waals surface area contributed by atoms with Crippen molar-refractivity contribution in [2.45, 2.75) is 38.0 Å². The molecule has 2 aromatic rings. The Morgan fingerprint density at radius 2 is 1.97 bits per heavy atom. The third-order valence-electron chi connectivity index (χ3n) is 6.56. The van der Waals surface area contributed by atoms with Crippen LogP contribution in [0.1, 0.15) is 43.6 Å². The lowest BCUT2D eigenvalue weighted by Crippen LogP contribution is -2.38. The summed E-state index contributed by atoms with van der Waals surface area (Å²) >= 11 is 1.44. The van der Waals surface area contributed by atoms with Crippen LogP contribution in [-0.4, -0.2) is 67.5 Å². The third-order valence-corrected chi connectivity index (χ3v) is 7.42. The molecule has 170 valence electrons. The smallest absolute Gasteiger partial charge is 0.314 e. The van der Waals surface area contributed by atoms with E-state index in [2.05, 4.69) is 9.97 Å². The minimum atomic E-state index is -0.435. The van der Waals surface area contributed by atoms with E-state index >= 15 is 0 Å². The first-order valence-electron chi connectivity index (χ1n) is 10.7. The third kappa shape index (κ3) is 4.75. The number of hydrogen-bond donors (Lipinski definition) is 1. The van der Waals surface area contributed by atoms with E-state index in [0.717, 1.165) is 63.1 Å². The number of carbonyl (C=O) groups is 1. The topological polar surface area (TPSA) is 99.8 Å². The number of likely N-dealkylation sites (tertiary alicyclic amines) is 1. The number of nitrogens with two attached hydrogens (primary N) is 1. The fraction of sp³-hybridized carbons (Fsp3) is 0.667. The number of halogens is 1. The summed E-state index contributed by atoms with van der Waals surface area (Å²) < 4.78 is 30.7. The second-order valence-electron chi connectivity index (χ2n) is 8.36. The van der Waals surface area contributed by atoms with Crippen LogP contribution in [0.5, 0.6) is 5.88 Å². The van der Waals surface area contributed by atoms with Crippen molar-refractivity contribution >= 4 is 27.6 Å². The van der Waals surface area contributed by atoms with E-state index in [9.17, 15) is 9.18 Å². The average molecular weight is 453 g/mol. The number of ether oxygens (including phenoxy) is 3. The molecular weight excluding hydrogens is 423 g/mol. The highest BCUT2D eigenvalue weighted by atomic mass is 32.1. The summed E-state index contributed by atoms with van der Waals surface area (Å²) in [6.45, 7) is 4.70. The van der Waals surface area contributed by atoms with Gasteiger partial charge in [0.25, 0.3) is 0 Å². The van der Waals surface area contributed by atoms with E-state index in [4.69, 9.17) is 19.9 Å². The van der Waals surface area contributed by atoms with Gasteiger partial charge < -0.3 is 24.8 Å². The summed E-state index contributed by atoms with van der Waals surface area (Å²) in [6.07, 6.45) is 4.92. The number of pyridine rings is 1. The van der Waals surface area contributed by atoms with Gasteiger partial charge in [0.05, 0.1) is 17.3 Å². The zero-order chi connectivity index (χ0) is 21.8. The number of urea groups is 1. The zero-order valence-corrected chi connectivity index (χ0v) is 18.6. The van der Waals surface area contributed by atoms with E-state index in [1.54, 1.807) is 10.4 Å². The molecule has 3 aliphatic rings. The van der Waals surface area contributed by atoms with Gasteiger partial charge in [0.1, 0.15) is 5.52 Å². The molecule has 0 unspecified atom stereocenters. The number of rotatable bonds is 2. The molecule has 3 saturated heterocycles. The van der Waals surface area contributed by atoms with Crippen LogP contribution in [-0.2, 0) is 9.47 Å². The van der Waals surface area contributed by atoms with Crippen LogP contribution in [0.2, 0.25) is 0 Å². The molecule has 3 fully saturated rings. The Morgan fingerprint density at radius 1 is 1.26 bits per heavy atom. The predicted octanol–water partition coefficient (Wildman–Crippen LogP) is 3.30. The van der Waals surface area contributed by atoms with Crippen molar-refractivity contribution < 1.29 is 23.4 Å². The summed E-state index contributed by atoms with van der Waals surface area (Å²) in [5.74, 6) is -0.00448. The number of thiazole rings is 1. The van der Waals surface area contributed by atoms with Gasteiger partial charge in [0, 0.05) is 45.1 Å². The zero-order valence-electron chi connectivity index (χ0n) is 17.8. The first kappa shape index (κ1) is 22.2. The molecule has 5 heterocycles. The lowest BCUT2D eigenvalue weighted by molar-refractivity contribution is 0.0210. The van der Waals surface area contributed by atoms with Crippen LogP contribution in [0.3, 0.4) is 0 Å². The van der Waals surface area contributed by atoms with Crippen molar-refractivity contribution in [1.29, 1.82) is 0 Å². The molecule has 5 rings (SSSR count). The summed E-state index contributed by atoms with van der Waals surface area (Å²) in [5.41, 5.74) is 8.61. The first-order chi connectivity index (χ1) is 15.0. The molecule has 0 atom stereocenters. The van der Waals surface area contributed by atoms with Gasteiger partial charge in [-0.1, -0.05) is 0 Å². The minimum Gasteiger partial charge on any atom is -0.479 e. The molecule has 0 bridgehead atoms. The van der Waals surface area contributed by atoms with Gasteiger partial charge in [0.15, 0.2) is 0 Å². The van der Waals surface area contributed by atoms with Crippen LogP contribution in [0.15, 0.2) is 5.51 Å². The second-order valence-corrected chi connectivity index (χ2v) is 9.22. The number of amides is 2. The molecule has 0 aliphatic carbocycles. The molecule has 2 aromatic heterocycles. The highest BCUT2D eigenvalue weighted by molar-refractivity contribution is 7.17. The van der Waals surface area contributed by atoms with Gasteiger partial charge in [-0.2, -0.15) is 9.37 Å². The molecule has 10 heteroatoms. The summed E-state index contributed by atoms with van der Waals surface area (Å²) in [4.78, 5) is 20.8. The molecule has 0 aromatic carbocycles. The van der Waals surface area contributed by atoms with Crippen molar-refractivity contribution in [2.75, 3.05) is 46.6 Å². The highest BCUT2D eigenvalue weighted by Crippen LogP contribution is 2.40. The van der Waals surface area contributed by atoms with E-state index in [1.807, 2.05) is 0 Å². The van der Waals surface area contributed by atoms with Crippen LogP contribution < -0.4 is 10.5 Å². The SMILES string of the molecule is COc1nc(F)c(C2CCOCC2)c2scnc12.NC(=O)N1CCC2(CCOCC2)C1. The number of nitrogens with zero attached hydrogens (tertiary/aromatic N) is 3. The molecule has 3 aliphatic heterocycles. The Labute approximate surface area is 184 Å². The molecular formula is C21H29FN4O4S. The largest absolute Gasteiger partial charge is 0.479 e.